The van der Waals surface area contributed by atoms with Gasteiger partial charge in [-0.2, -0.15) is 0 Å². The van der Waals surface area contributed by atoms with E-state index < -0.39 is 20.0 Å². The number of aliphatic hydroxyl groups excluding tert-OH is 1. The number of nitrogens with zero attached hydrogens (tertiary/aromatic N) is 1. The first kappa shape index (κ1) is 64.0. The monoisotopic (exact) mass is 939 g/mol. The number of quaternary nitrogens is 1. The average molecular weight is 939 g/mol. The fourth-order valence-corrected chi connectivity index (χ4v) is 9.17. The van der Waals surface area contributed by atoms with E-state index in [-0.39, 0.29) is 19.1 Å². The van der Waals surface area contributed by atoms with Gasteiger partial charge in [0, 0.05) is 6.42 Å². The van der Waals surface area contributed by atoms with Crippen LogP contribution in [0.15, 0.2) is 24.3 Å². The van der Waals surface area contributed by atoms with Crippen LogP contribution in [0, 0.1) is 0 Å². The highest BCUT2D eigenvalue weighted by Gasteiger charge is 2.23. The molecule has 3 unspecified atom stereocenters. The standard InChI is InChI=1S/C56H111N2O6P/c1-6-8-10-12-14-16-18-20-22-24-26-28-29-30-32-34-36-38-40-42-44-46-48-50-56(60)57-54(53-64-65(61,62)63-52-51-58(3,4)5)55(59)49-47-45-43-41-39-37-35-33-31-27-25-23-21-19-17-15-13-11-9-7-2/h24,26,47,49,54-55,59H,6-23,25,27-46,48,50-53H2,1-5H3,(H-,57,60,61,62)/b26-24-,49-47+. The molecule has 0 aromatic rings. The van der Waals surface area contributed by atoms with E-state index >= 15 is 0 Å². The normalized spacial score (nSPS) is 14.1. The summed E-state index contributed by atoms with van der Waals surface area (Å²) in [5.41, 5.74) is 0. The molecule has 0 saturated heterocycles. The van der Waals surface area contributed by atoms with Gasteiger partial charge in [0.2, 0.25) is 5.91 Å². The van der Waals surface area contributed by atoms with E-state index in [4.69, 9.17) is 9.05 Å². The lowest BCUT2D eigenvalue weighted by atomic mass is 10.0. The molecule has 0 aliphatic rings. The molecule has 0 aliphatic carbocycles. The van der Waals surface area contributed by atoms with Gasteiger partial charge < -0.3 is 28.8 Å². The Morgan fingerprint density at radius 2 is 0.846 bits per heavy atom. The van der Waals surface area contributed by atoms with Crippen LogP contribution < -0.4 is 10.2 Å². The molecule has 0 bridgehead atoms. The predicted molar refractivity (Wildman–Crippen MR) is 279 cm³/mol. The SMILES string of the molecule is CCCCCCCCCC/C=C\CCCCCCCCCCCCCC(=O)NC(COP(=O)([O-])OCC[N+](C)(C)C)C(O)/C=C/CCCCCCCCCCCCCCCCCCCC. The molecule has 9 heteroatoms. The molecule has 2 N–H and O–H groups in total. The van der Waals surface area contributed by atoms with Gasteiger partial charge in [0.15, 0.2) is 0 Å². The Bertz CT molecular complexity index is 1110. The minimum absolute atomic E-state index is 0.000698. The number of hydrogen-bond donors (Lipinski definition) is 2. The van der Waals surface area contributed by atoms with Crippen molar-refractivity contribution in [3.63, 3.8) is 0 Å². The van der Waals surface area contributed by atoms with Crippen LogP contribution in [0.3, 0.4) is 0 Å². The quantitative estimate of drug-likeness (QED) is 0.0272. The largest absolute Gasteiger partial charge is 0.756 e. The number of phosphoric ester groups is 1. The molecular formula is C56H111N2O6P. The lowest BCUT2D eigenvalue weighted by molar-refractivity contribution is -0.870. The Balaban J connectivity index is 4.22. The Morgan fingerprint density at radius 3 is 1.20 bits per heavy atom. The molecule has 0 heterocycles. The molecule has 0 aromatic carbocycles. The maximum absolute atomic E-state index is 13.0. The smallest absolute Gasteiger partial charge is 0.268 e. The summed E-state index contributed by atoms with van der Waals surface area (Å²) in [6.45, 7) is 4.69. The lowest BCUT2D eigenvalue weighted by Gasteiger charge is -2.29. The summed E-state index contributed by atoms with van der Waals surface area (Å²) in [4.78, 5) is 25.5. The van der Waals surface area contributed by atoms with Crippen LogP contribution in [0.5, 0.6) is 0 Å². The van der Waals surface area contributed by atoms with Crippen LogP contribution in [0.25, 0.3) is 0 Å². The number of likely N-dealkylation sites (N-methyl/N-ethyl adjacent to an activating group) is 1. The topological polar surface area (TPSA) is 108 Å². The van der Waals surface area contributed by atoms with Crippen LogP contribution in [0.4, 0.5) is 0 Å². The van der Waals surface area contributed by atoms with Crippen LogP contribution >= 0.6 is 7.82 Å². The van der Waals surface area contributed by atoms with Crippen molar-refractivity contribution in [2.75, 3.05) is 40.9 Å². The fraction of sp³-hybridized carbons (Fsp3) is 0.911. The van der Waals surface area contributed by atoms with E-state index in [1.165, 1.54) is 218 Å². The van der Waals surface area contributed by atoms with E-state index in [2.05, 4.69) is 31.3 Å². The third-order valence-corrected chi connectivity index (χ3v) is 13.9. The summed E-state index contributed by atoms with van der Waals surface area (Å²) in [6.07, 6.45) is 59.6. The zero-order chi connectivity index (χ0) is 47.8. The van der Waals surface area contributed by atoms with Gasteiger partial charge in [0.05, 0.1) is 39.9 Å². The summed E-state index contributed by atoms with van der Waals surface area (Å²) in [5.74, 6) is -0.194. The second-order valence-corrected chi connectivity index (χ2v) is 22.1. The molecule has 0 radical (unpaired) electrons. The van der Waals surface area contributed by atoms with Gasteiger partial charge in [-0.25, -0.2) is 0 Å². The zero-order valence-corrected chi connectivity index (χ0v) is 44.9. The first-order chi connectivity index (χ1) is 31.5. The summed E-state index contributed by atoms with van der Waals surface area (Å²) >= 11 is 0. The van der Waals surface area contributed by atoms with Crippen molar-refractivity contribution in [1.82, 2.24) is 5.32 Å². The molecule has 0 rings (SSSR count). The zero-order valence-electron chi connectivity index (χ0n) is 44.0. The van der Waals surface area contributed by atoms with Crippen LogP contribution in [-0.2, 0) is 18.4 Å². The minimum atomic E-state index is -4.59. The molecule has 3 atom stereocenters. The van der Waals surface area contributed by atoms with Gasteiger partial charge in [0.1, 0.15) is 13.2 Å². The Morgan fingerprint density at radius 1 is 0.523 bits per heavy atom. The van der Waals surface area contributed by atoms with Crippen molar-refractivity contribution >= 4 is 13.7 Å². The Kier molecular flexibility index (Phi) is 47.3. The molecule has 1 amide bonds. The summed E-state index contributed by atoms with van der Waals surface area (Å²) in [5, 5.41) is 13.9. The van der Waals surface area contributed by atoms with Gasteiger partial charge in [-0.15, -0.1) is 0 Å². The van der Waals surface area contributed by atoms with Crippen molar-refractivity contribution in [2.24, 2.45) is 0 Å². The van der Waals surface area contributed by atoms with Gasteiger partial charge in [-0.1, -0.05) is 250 Å². The third kappa shape index (κ3) is 50.7. The third-order valence-electron chi connectivity index (χ3n) is 12.9. The van der Waals surface area contributed by atoms with E-state index in [1.54, 1.807) is 6.08 Å². The van der Waals surface area contributed by atoms with Crippen LogP contribution in [0.1, 0.15) is 277 Å². The van der Waals surface area contributed by atoms with E-state index in [0.29, 0.717) is 17.4 Å². The number of amides is 1. The fourth-order valence-electron chi connectivity index (χ4n) is 8.44. The van der Waals surface area contributed by atoms with Crippen molar-refractivity contribution in [3.8, 4) is 0 Å². The van der Waals surface area contributed by atoms with Crippen LogP contribution in [-0.4, -0.2) is 68.5 Å². The lowest BCUT2D eigenvalue weighted by Crippen LogP contribution is -2.45. The number of carbonyl (C=O) groups excluding carboxylic acids is 1. The van der Waals surface area contributed by atoms with Gasteiger partial charge >= 0.3 is 0 Å². The van der Waals surface area contributed by atoms with E-state index in [9.17, 15) is 19.4 Å². The molecule has 65 heavy (non-hydrogen) atoms. The molecule has 0 aliphatic heterocycles. The highest BCUT2D eigenvalue weighted by molar-refractivity contribution is 7.45. The second kappa shape index (κ2) is 48.0. The highest BCUT2D eigenvalue weighted by Crippen LogP contribution is 2.38. The summed E-state index contributed by atoms with van der Waals surface area (Å²) in [7, 11) is 1.27. The maximum atomic E-state index is 13.0. The minimum Gasteiger partial charge on any atom is -0.756 e. The van der Waals surface area contributed by atoms with Gasteiger partial charge in [-0.3, -0.25) is 9.36 Å². The van der Waals surface area contributed by atoms with Gasteiger partial charge in [-0.05, 0) is 44.9 Å². The maximum Gasteiger partial charge on any atom is 0.268 e. The summed E-state index contributed by atoms with van der Waals surface area (Å²) < 4.78 is 23.3. The van der Waals surface area contributed by atoms with Crippen molar-refractivity contribution < 1.29 is 32.9 Å². The highest BCUT2D eigenvalue weighted by atomic mass is 31.2. The van der Waals surface area contributed by atoms with E-state index in [1.807, 2.05) is 27.2 Å². The van der Waals surface area contributed by atoms with E-state index in [0.717, 1.165) is 38.5 Å². The second-order valence-electron chi connectivity index (χ2n) is 20.6. The number of rotatable bonds is 52. The first-order valence-electron chi connectivity index (χ1n) is 28.2. The first-order valence-corrected chi connectivity index (χ1v) is 29.7. The molecule has 0 saturated carbocycles. The average Bonchev–Trinajstić information content (AvgIpc) is 3.26. The predicted octanol–water partition coefficient (Wildman–Crippen LogP) is 16.2. The molecule has 0 spiro atoms. The summed E-state index contributed by atoms with van der Waals surface area (Å²) in [6, 6.07) is -0.885. The number of allylic oxidation sites excluding steroid dienone is 3. The number of carbonyl (C=O) groups is 1. The Labute approximate surface area is 404 Å². The number of aliphatic hydroxyl groups is 1. The molecule has 386 valence electrons. The molecule has 8 nitrogen and oxygen atoms in total. The van der Waals surface area contributed by atoms with Crippen LogP contribution in [0.2, 0.25) is 0 Å². The molecular weight excluding hydrogens is 828 g/mol. The Hall–Kier alpha value is -1.02. The molecule has 0 aromatic heterocycles. The number of phosphoric acid groups is 1. The number of unbranched alkanes of at least 4 members (excludes halogenated alkanes) is 37. The number of hydrogen-bond acceptors (Lipinski definition) is 6. The van der Waals surface area contributed by atoms with Crippen molar-refractivity contribution in [3.05, 3.63) is 24.3 Å². The van der Waals surface area contributed by atoms with Gasteiger partial charge in [0.25, 0.3) is 7.82 Å². The van der Waals surface area contributed by atoms with Crippen molar-refractivity contribution in [1.29, 1.82) is 0 Å². The van der Waals surface area contributed by atoms with Crippen molar-refractivity contribution in [2.45, 2.75) is 289 Å². The number of nitrogens with one attached hydrogen (secondary N) is 1. The molecule has 0 fully saturated rings.